The van der Waals surface area contributed by atoms with E-state index < -0.39 is 0 Å². The zero-order valence-corrected chi connectivity index (χ0v) is 17.6. The molecule has 2 N–H and O–H groups in total. The molecule has 0 spiro atoms. The summed E-state index contributed by atoms with van der Waals surface area (Å²) in [5.41, 5.74) is 4.83. The number of nitrogens with one attached hydrogen (secondary N) is 2. The number of aromatic nitrogens is 1. The van der Waals surface area contributed by atoms with Gasteiger partial charge < -0.3 is 15.4 Å². The fourth-order valence-electron chi connectivity index (χ4n) is 2.79. The second-order valence-corrected chi connectivity index (χ2v) is 7.33. The summed E-state index contributed by atoms with van der Waals surface area (Å²) in [5, 5.41) is 7.46. The molecule has 0 radical (unpaired) electrons. The summed E-state index contributed by atoms with van der Waals surface area (Å²) in [6.07, 6.45) is 0. The molecule has 0 aliphatic heterocycles. The SMILES string of the molecule is Cc1nc(NC(=S)Nc2ccc(Cl)cc2)c(C)c(C)c1OCc1ccccc1. The monoisotopic (exact) mass is 411 g/mol. The Labute approximate surface area is 175 Å². The predicted octanol–water partition coefficient (Wildman–Crippen LogP) is 6.05. The molecule has 0 fully saturated rings. The highest BCUT2D eigenvalue weighted by Gasteiger charge is 2.14. The van der Waals surface area contributed by atoms with E-state index in [0.717, 1.165) is 33.8 Å². The van der Waals surface area contributed by atoms with Crippen LogP contribution in [-0.2, 0) is 6.61 Å². The first-order valence-corrected chi connectivity index (χ1v) is 9.70. The van der Waals surface area contributed by atoms with E-state index >= 15 is 0 Å². The Morgan fingerprint density at radius 1 is 0.964 bits per heavy atom. The van der Waals surface area contributed by atoms with Crippen LogP contribution in [0.15, 0.2) is 54.6 Å². The minimum atomic E-state index is 0.467. The minimum Gasteiger partial charge on any atom is -0.487 e. The number of anilines is 2. The van der Waals surface area contributed by atoms with Crippen LogP contribution in [0, 0.1) is 20.8 Å². The molecule has 6 heteroatoms. The number of ether oxygens (including phenoxy) is 1. The molecule has 1 heterocycles. The van der Waals surface area contributed by atoms with Crippen molar-refractivity contribution >= 4 is 40.4 Å². The summed E-state index contributed by atoms with van der Waals surface area (Å²) >= 11 is 11.3. The molecule has 3 aromatic rings. The van der Waals surface area contributed by atoms with E-state index in [9.17, 15) is 0 Å². The Morgan fingerprint density at radius 2 is 1.64 bits per heavy atom. The smallest absolute Gasteiger partial charge is 0.176 e. The van der Waals surface area contributed by atoms with E-state index in [1.54, 1.807) is 0 Å². The van der Waals surface area contributed by atoms with Gasteiger partial charge in [0.1, 0.15) is 18.2 Å². The Hall–Kier alpha value is -2.63. The van der Waals surface area contributed by atoms with Crippen LogP contribution in [-0.4, -0.2) is 10.1 Å². The van der Waals surface area contributed by atoms with Gasteiger partial charge in [0.05, 0.1) is 5.69 Å². The van der Waals surface area contributed by atoms with Gasteiger partial charge in [0.2, 0.25) is 0 Å². The third kappa shape index (κ3) is 5.00. The summed E-state index contributed by atoms with van der Waals surface area (Å²) in [4.78, 5) is 4.66. The van der Waals surface area contributed by atoms with Crippen molar-refractivity contribution in [3.05, 3.63) is 82.0 Å². The fourth-order valence-corrected chi connectivity index (χ4v) is 3.13. The van der Waals surface area contributed by atoms with Crippen molar-refractivity contribution in [2.45, 2.75) is 27.4 Å². The molecule has 2 aromatic carbocycles. The second kappa shape index (κ2) is 9.04. The van der Waals surface area contributed by atoms with Crippen molar-refractivity contribution < 1.29 is 4.74 Å². The zero-order chi connectivity index (χ0) is 20.1. The first-order valence-electron chi connectivity index (χ1n) is 8.92. The van der Waals surface area contributed by atoms with Gasteiger partial charge in [-0.1, -0.05) is 41.9 Å². The molecule has 0 amide bonds. The number of aryl methyl sites for hydroxylation is 1. The van der Waals surface area contributed by atoms with Crippen LogP contribution < -0.4 is 15.4 Å². The van der Waals surface area contributed by atoms with Crippen LogP contribution in [0.3, 0.4) is 0 Å². The number of hydrogen-bond acceptors (Lipinski definition) is 3. The molecule has 0 aliphatic carbocycles. The van der Waals surface area contributed by atoms with Gasteiger partial charge >= 0.3 is 0 Å². The molecule has 0 saturated carbocycles. The minimum absolute atomic E-state index is 0.467. The third-order valence-corrected chi connectivity index (χ3v) is 4.88. The summed E-state index contributed by atoms with van der Waals surface area (Å²) in [5.74, 6) is 1.53. The van der Waals surface area contributed by atoms with Crippen molar-refractivity contribution in [2.75, 3.05) is 10.6 Å². The number of hydrogen-bond donors (Lipinski definition) is 2. The first kappa shape index (κ1) is 20.1. The predicted molar refractivity (Wildman–Crippen MR) is 121 cm³/mol. The molecular formula is C22H22ClN3OS. The number of benzene rings is 2. The summed E-state index contributed by atoms with van der Waals surface area (Å²) in [6.45, 7) is 6.48. The number of rotatable bonds is 5. The highest BCUT2D eigenvalue weighted by atomic mass is 35.5. The standard InChI is InChI=1S/C22H22ClN3OS/c1-14-15(2)21(26-22(28)25-19-11-9-18(23)10-12-19)24-16(3)20(14)27-13-17-7-5-4-6-8-17/h4-12H,13H2,1-3H3,(H2,24,25,26,28). The molecule has 0 unspecified atom stereocenters. The zero-order valence-electron chi connectivity index (χ0n) is 16.0. The number of nitrogens with zero attached hydrogens (tertiary/aromatic N) is 1. The van der Waals surface area contributed by atoms with Gasteiger partial charge in [-0.05, 0) is 73.9 Å². The Kier molecular flexibility index (Phi) is 6.49. The van der Waals surface area contributed by atoms with Gasteiger partial charge in [-0.25, -0.2) is 4.98 Å². The molecule has 0 saturated heterocycles. The van der Waals surface area contributed by atoms with Crippen LogP contribution >= 0.6 is 23.8 Å². The van der Waals surface area contributed by atoms with Gasteiger partial charge in [-0.3, -0.25) is 0 Å². The Bertz CT molecular complexity index is 975. The van der Waals surface area contributed by atoms with Crippen LogP contribution in [0.2, 0.25) is 5.02 Å². The van der Waals surface area contributed by atoms with Crippen molar-refractivity contribution in [1.82, 2.24) is 4.98 Å². The number of halogens is 1. The average Bonchev–Trinajstić information content (AvgIpc) is 2.68. The van der Waals surface area contributed by atoms with Crippen LogP contribution in [0.1, 0.15) is 22.4 Å². The lowest BCUT2D eigenvalue weighted by molar-refractivity contribution is 0.300. The molecule has 3 rings (SSSR count). The lowest BCUT2D eigenvalue weighted by Crippen LogP contribution is -2.21. The maximum Gasteiger partial charge on any atom is 0.176 e. The van der Waals surface area contributed by atoms with E-state index in [4.69, 9.17) is 28.6 Å². The summed E-state index contributed by atoms with van der Waals surface area (Å²) < 4.78 is 6.05. The van der Waals surface area contributed by atoms with Crippen LogP contribution in [0.25, 0.3) is 0 Å². The molecule has 28 heavy (non-hydrogen) atoms. The van der Waals surface area contributed by atoms with Gasteiger partial charge in [0.15, 0.2) is 5.11 Å². The molecule has 4 nitrogen and oxygen atoms in total. The lowest BCUT2D eigenvalue weighted by Gasteiger charge is -2.18. The molecule has 1 aromatic heterocycles. The molecule has 144 valence electrons. The van der Waals surface area contributed by atoms with E-state index in [0.29, 0.717) is 22.6 Å². The van der Waals surface area contributed by atoms with Gasteiger partial charge in [0.25, 0.3) is 0 Å². The first-order chi connectivity index (χ1) is 13.4. The van der Waals surface area contributed by atoms with E-state index in [-0.39, 0.29) is 0 Å². The third-order valence-electron chi connectivity index (χ3n) is 4.43. The molecule has 0 bridgehead atoms. The van der Waals surface area contributed by atoms with Gasteiger partial charge in [0, 0.05) is 10.7 Å². The number of pyridine rings is 1. The van der Waals surface area contributed by atoms with E-state index in [2.05, 4.69) is 15.6 Å². The maximum absolute atomic E-state index is 6.05. The van der Waals surface area contributed by atoms with E-state index in [1.165, 1.54) is 0 Å². The molecule has 0 aliphatic rings. The molecule has 0 atom stereocenters. The van der Waals surface area contributed by atoms with Crippen molar-refractivity contribution in [1.29, 1.82) is 0 Å². The number of thiocarbonyl (C=S) groups is 1. The average molecular weight is 412 g/mol. The maximum atomic E-state index is 6.05. The van der Waals surface area contributed by atoms with Gasteiger partial charge in [-0.15, -0.1) is 0 Å². The van der Waals surface area contributed by atoms with Gasteiger partial charge in [-0.2, -0.15) is 0 Å². The summed E-state index contributed by atoms with van der Waals surface area (Å²) in [7, 11) is 0. The second-order valence-electron chi connectivity index (χ2n) is 6.49. The fraction of sp³-hybridized carbons (Fsp3) is 0.182. The largest absolute Gasteiger partial charge is 0.487 e. The lowest BCUT2D eigenvalue weighted by atomic mass is 10.1. The quantitative estimate of drug-likeness (QED) is 0.500. The van der Waals surface area contributed by atoms with Crippen LogP contribution in [0.5, 0.6) is 5.75 Å². The normalized spacial score (nSPS) is 10.4. The van der Waals surface area contributed by atoms with Crippen molar-refractivity contribution in [2.24, 2.45) is 0 Å². The van der Waals surface area contributed by atoms with E-state index in [1.807, 2.05) is 75.4 Å². The topological polar surface area (TPSA) is 46.2 Å². The Morgan fingerprint density at radius 3 is 2.32 bits per heavy atom. The van der Waals surface area contributed by atoms with Crippen molar-refractivity contribution in [3.8, 4) is 5.75 Å². The highest BCUT2D eigenvalue weighted by molar-refractivity contribution is 7.80. The Balaban J connectivity index is 1.72. The highest BCUT2D eigenvalue weighted by Crippen LogP contribution is 2.29. The van der Waals surface area contributed by atoms with Crippen molar-refractivity contribution in [3.63, 3.8) is 0 Å². The molecular weight excluding hydrogens is 390 g/mol. The van der Waals surface area contributed by atoms with Crippen LogP contribution in [0.4, 0.5) is 11.5 Å². The summed E-state index contributed by atoms with van der Waals surface area (Å²) in [6, 6.07) is 17.4.